The largest absolute Gasteiger partial charge is 0.462 e. The molecule has 0 unspecified atom stereocenters. The molecule has 0 aromatic heterocycles. The van der Waals surface area contributed by atoms with Gasteiger partial charge in [0, 0.05) is 31.5 Å². The summed E-state index contributed by atoms with van der Waals surface area (Å²) in [4.78, 5) is 28.8. The third-order valence-electron chi connectivity index (χ3n) is 5.54. The zero-order valence-electron chi connectivity index (χ0n) is 17.4. The van der Waals surface area contributed by atoms with Gasteiger partial charge in [0.1, 0.15) is 17.2 Å². The van der Waals surface area contributed by atoms with E-state index in [0.717, 1.165) is 0 Å². The summed E-state index contributed by atoms with van der Waals surface area (Å²) in [6, 6.07) is 11.2. The van der Waals surface area contributed by atoms with Gasteiger partial charge >= 0.3 is 5.97 Å². The second-order valence-corrected chi connectivity index (χ2v) is 9.54. The summed E-state index contributed by atoms with van der Waals surface area (Å²) in [6.45, 7) is 2.23. The number of sulfonamides is 1. The predicted octanol–water partition coefficient (Wildman–Crippen LogP) is 2.10. The normalized spacial score (nSPS) is 18.3. The lowest BCUT2D eigenvalue weighted by atomic mass is 10.00. The van der Waals surface area contributed by atoms with Gasteiger partial charge in [0.2, 0.25) is 10.0 Å². The Morgan fingerprint density at radius 1 is 1.19 bits per heavy atom. The lowest BCUT2D eigenvalue weighted by molar-refractivity contribution is -0.115. The van der Waals surface area contributed by atoms with Crippen LogP contribution in [-0.2, 0) is 19.6 Å². The van der Waals surface area contributed by atoms with Crippen LogP contribution in [0.3, 0.4) is 0 Å². The second-order valence-electron chi connectivity index (χ2n) is 7.61. The highest BCUT2D eigenvalue weighted by molar-refractivity contribution is 7.89. The number of nitrogens with one attached hydrogen (secondary N) is 1. The second kappa shape index (κ2) is 8.44. The van der Waals surface area contributed by atoms with Crippen LogP contribution in [0.1, 0.15) is 35.7 Å². The van der Waals surface area contributed by atoms with Crippen molar-refractivity contribution in [1.82, 2.24) is 9.62 Å². The van der Waals surface area contributed by atoms with Crippen molar-refractivity contribution < 1.29 is 27.1 Å². The molecule has 2 aromatic rings. The number of carbonyl (C=O) groups excluding carboxylic acids is 2. The van der Waals surface area contributed by atoms with E-state index in [-0.39, 0.29) is 48.7 Å². The first kappa shape index (κ1) is 22.1. The van der Waals surface area contributed by atoms with Gasteiger partial charge in [-0.1, -0.05) is 12.1 Å². The van der Waals surface area contributed by atoms with E-state index in [9.17, 15) is 22.4 Å². The van der Waals surface area contributed by atoms with Crippen molar-refractivity contribution in [2.75, 3.05) is 19.7 Å². The fourth-order valence-electron chi connectivity index (χ4n) is 3.85. The molecule has 2 heterocycles. The van der Waals surface area contributed by atoms with E-state index in [1.807, 2.05) is 0 Å². The van der Waals surface area contributed by atoms with E-state index in [4.69, 9.17) is 4.74 Å². The number of ether oxygens (including phenoxy) is 1. The number of hydrogen-bond acceptors (Lipinski definition) is 6. The van der Waals surface area contributed by atoms with Crippen molar-refractivity contribution in [2.45, 2.75) is 30.3 Å². The highest BCUT2D eigenvalue weighted by Crippen LogP contribution is 2.31. The summed E-state index contributed by atoms with van der Waals surface area (Å²) in [7, 11) is -3.78. The minimum absolute atomic E-state index is 0.0703. The fraction of sp³-hybridized carbons (Fsp3) is 0.318. The van der Waals surface area contributed by atoms with Crippen molar-refractivity contribution >= 4 is 27.6 Å². The maximum atomic E-state index is 13.5. The Morgan fingerprint density at radius 2 is 1.88 bits per heavy atom. The molecule has 2 aliphatic heterocycles. The Labute approximate surface area is 185 Å². The number of benzene rings is 2. The van der Waals surface area contributed by atoms with Crippen molar-refractivity contribution in [3.8, 4) is 0 Å². The summed E-state index contributed by atoms with van der Waals surface area (Å²) < 4.78 is 45.9. The van der Waals surface area contributed by atoms with E-state index >= 15 is 0 Å². The smallest absolute Gasteiger partial charge is 0.338 e. The molecular formula is C22H22FN3O5S. The minimum atomic E-state index is -3.78. The molecular weight excluding hydrogens is 437 g/mol. The molecule has 0 saturated carbocycles. The van der Waals surface area contributed by atoms with Crippen LogP contribution in [0.5, 0.6) is 0 Å². The lowest BCUT2D eigenvalue weighted by Gasteiger charge is -2.36. The van der Waals surface area contributed by atoms with Crippen LogP contribution in [-0.4, -0.2) is 55.7 Å². The number of hydrogen-bond donors (Lipinski definition) is 1. The van der Waals surface area contributed by atoms with Gasteiger partial charge in [-0.05, 0) is 43.3 Å². The molecule has 8 nitrogen and oxygen atoms in total. The van der Waals surface area contributed by atoms with Gasteiger partial charge < -0.3 is 10.1 Å². The first-order valence-electron chi connectivity index (χ1n) is 10.2. The van der Waals surface area contributed by atoms with Crippen LogP contribution in [0.15, 0.2) is 58.4 Å². The lowest BCUT2D eigenvalue weighted by Crippen LogP contribution is -2.52. The maximum Gasteiger partial charge on any atom is 0.338 e. The standard InChI is InChI=1S/C22H22FN3O5S/c1-2-31-21(28)15-6-8-18(9-7-15)32(29,30)26-12-10-22(11-13-26)24-19(20(27)25-22)16-4-3-5-17(23)14-16/h3-9,14H,2,10-13H2,1H3,(H,25,27). The highest BCUT2D eigenvalue weighted by atomic mass is 32.2. The van der Waals surface area contributed by atoms with E-state index in [1.165, 1.54) is 46.8 Å². The van der Waals surface area contributed by atoms with Crippen LogP contribution in [0.2, 0.25) is 0 Å². The third kappa shape index (κ3) is 4.15. The predicted molar refractivity (Wildman–Crippen MR) is 114 cm³/mol. The van der Waals surface area contributed by atoms with Gasteiger partial charge in [-0.15, -0.1) is 0 Å². The van der Waals surface area contributed by atoms with Gasteiger partial charge in [0.05, 0.1) is 17.1 Å². The average Bonchev–Trinajstić information content (AvgIpc) is 3.10. The van der Waals surface area contributed by atoms with Crippen LogP contribution >= 0.6 is 0 Å². The first-order valence-corrected chi connectivity index (χ1v) is 11.6. The van der Waals surface area contributed by atoms with Crippen molar-refractivity contribution in [3.63, 3.8) is 0 Å². The number of esters is 1. The molecule has 4 rings (SSSR count). The summed E-state index contributed by atoms with van der Waals surface area (Å²) in [5, 5.41) is 2.84. The summed E-state index contributed by atoms with van der Waals surface area (Å²) in [6.07, 6.45) is 0.579. The SMILES string of the molecule is CCOC(=O)c1ccc(S(=O)(=O)N2CCC3(CC2)N=C(c2cccc(F)c2)C(=O)N3)cc1. The Balaban J connectivity index is 1.48. The van der Waals surface area contributed by atoms with Crippen LogP contribution in [0.4, 0.5) is 4.39 Å². The van der Waals surface area contributed by atoms with E-state index in [0.29, 0.717) is 5.56 Å². The van der Waals surface area contributed by atoms with Gasteiger partial charge in [0.25, 0.3) is 5.91 Å². The van der Waals surface area contributed by atoms with Gasteiger partial charge in [0.15, 0.2) is 0 Å². The van der Waals surface area contributed by atoms with Crippen molar-refractivity contribution in [1.29, 1.82) is 0 Å². The van der Waals surface area contributed by atoms with E-state index in [2.05, 4.69) is 10.3 Å². The Kier molecular flexibility index (Phi) is 5.83. The number of amides is 1. The van der Waals surface area contributed by atoms with E-state index in [1.54, 1.807) is 13.0 Å². The Hall–Kier alpha value is -3.11. The maximum absolute atomic E-state index is 13.5. The first-order chi connectivity index (χ1) is 15.2. The highest BCUT2D eigenvalue weighted by Gasteiger charge is 2.44. The molecule has 1 amide bonds. The summed E-state index contributed by atoms with van der Waals surface area (Å²) >= 11 is 0. The molecule has 2 aromatic carbocycles. The topological polar surface area (TPSA) is 105 Å². The molecule has 0 aliphatic carbocycles. The zero-order valence-corrected chi connectivity index (χ0v) is 18.2. The Morgan fingerprint density at radius 3 is 2.50 bits per heavy atom. The zero-order chi connectivity index (χ0) is 22.9. The molecule has 10 heteroatoms. The number of aliphatic imine (C=N–C) groups is 1. The molecule has 1 saturated heterocycles. The number of nitrogens with zero attached hydrogens (tertiary/aromatic N) is 2. The fourth-order valence-corrected chi connectivity index (χ4v) is 5.30. The number of rotatable bonds is 5. The molecule has 1 fully saturated rings. The molecule has 0 atom stereocenters. The van der Waals surface area contributed by atoms with Crippen molar-refractivity contribution in [2.24, 2.45) is 4.99 Å². The van der Waals surface area contributed by atoms with Gasteiger partial charge in [-0.3, -0.25) is 9.79 Å². The number of carbonyl (C=O) groups is 2. The summed E-state index contributed by atoms with van der Waals surface area (Å²) in [5.74, 6) is -1.38. The Bertz CT molecular complexity index is 1190. The molecule has 0 radical (unpaired) electrons. The third-order valence-corrected chi connectivity index (χ3v) is 7.45. The molecule has 2 aliphatic rings. The molecule has 1 spiro atoms. The van der Waals surface area contributed by atoms with Crippen LogP contribution in [0, 0.1) is 5.82 Å². The van der Waals surface area contributed by atoms with E-state index < -0.39 is 33.4 Å². The van der Waals surface area contributed by atoms with Crippen LogP contribution < -0.4 is 5.32 Å². The monoisotopic (exact) mass is 459 g/mol. The number of halogens is 1. The summed E-state index contributed by atoms with van der Waals surface area (Å²) in [5.41, 5.74) is -0.0961. The van der Waals surface area contributed by atoms with Gasteiger partial charge in [-0.2, -0.15) is 4.31 Å². The average molecular weight is 459 g/mol. The number of piperidine rings is 1. The molecule has 168 valence electrons. The van der Waals surface area contributed by atoms with Crippen molar-refractivity contribution in [3.05, 3.63) is 65.5 Å². The van der Waals surface area contributed by atoms with Crippen LogP contribution in [0.25, 0.3) is 0 Å². The minimum Gasteiger partial charge on any atom is -0.462 e. The molecule has 0 bridgehead atoms. The molecule has 32 heavy (non-hydrogen) atoms. The quantitative estimate of drug-likeness (QED) is 0.690. The molecule has 1 N–H and O–H groups in total. The van der Waals surface area contributed by atoms with Gasteiger partial charge in [-0.25, -0.2) is 17.6 Å².